The summed E-state index contributed by atoms with van der Waals surface area (Å²) in [6.45, 7) is 4.50. The van der Waals surface area contributed by atoms with E-state index in [0.29, 0.717) is 0 Å². The van der Waals surface area contributed by atoms with Crippen molar-refractivity contribution in [2.24, 2.45) is 0 Å². The third kappa shape index (κ3) is 2.45. The predicted octanol–water partition coefficient (Wildman–Crippen LogP) is 2.42. The van der Waals surface area contributed by atoms with Crippen molar-refractivity contribution in [3.63, 3.8) is 0 Å². The molecule has 88 valence electrons. The molecule has 0 spiro atoms. The topological polar surface area (TPSA) is 23.5 Å². The molecule has 1 aromatic carbocycles. The minimum Gasteiger partial charge on any atom is -0.394 e. The van der Waals surface area contributed by atoms with Gasteiger partial charge in [0.25, 0.3) is 0 Å². The van der Waals surface area contributed by atoms with Gasteiger partial charge in [-0.05, 0) is 31.9 Å². The molecule has 16 heavy (non-hydrogen) atoms. The van der Waals surface area contributed by atoms with Crippen molar-refractivity contribution in [2.75, 3.05) is 13.2 Å². The molecule has 2 rings (SSSR count). The monoisotopic (exact) mass is 219 g/mol. The van der Waals surface area contributed by atoms with Crippen molar-refractivity contribution in [2.45, 2.75) is 38.3 Å². The third-order valence-corrected chi connectivity index (χ3v) is 3.71. The molecule has 0 radical (unpaired) electrons. The van der Waals surface area contributed by atoms with Gasteiger partial charge in [0.1, 0.15) is 0 Å². The summed E-state index contributed by atoms with van der Waals surface area (Å²) in [6, 6.07) is 10.5. The Hall–Kier alpha value is -0.860. The number of nitrogens with zero attached hydrogens (tertiary/aromatic N) is 1. The Morgan fingerprint density at radius 1 is 1.25 bits per heavy atom. The fraction of sp³-hybridized carbons (Fsp3) is 0.571. The molecular weight excluding hydrogens is 198 g/mol. The normalized spacial score (nSPS) is 26.9. The highest BCUT2D eigenvalue weighted by molar-refractivity contribution is 5.15. The quantitative estimate of drug-likeness (QED) is 0.844. The number of piperidine rings is 1. The molecule has 1 aromatic rings. The van der Waals surface area contributed by atoms with Crippen LogP contribution < -0.4 is 0 Å². The van der Waals surface area contributed by atoms with Gasteiger partial charge in [-0.2, -0.15) is 0 Å². The summed E-state index contributed by atoms with van der Waals surface area (Å²) in [4.78, 5) is 2.42. The summed E-state index contributed by atoms with van der Waals surface area (Å²) < 4.78 is 0. The lowest BCUT2D eigenvalue weighted by molar-refractivity contribution is 0.00633. The number of benzene rings is 1. The maximum absolute atomic E-state index is 9.56. The van der Waals surface area contributed by atoms with Gasteiger partial charge in [0.15, 0.2) is 0 Å². The number of hydrogen-bond acceptors (Lipinski definition) is 2. The van der Waals surface area contributed by atoms with Crippen LogP contribution in [0.1, 0.15) is 31.7 Å². The number of aliphatic hydroxyl groups excluding tert-OH is 1. The standard InChI is InChI=1S/C14H21NO/c1-14(12-16)9-5-6-10-15(14)11-13-7-3-2-4-8-13/h2-4,7-8,16H,5-6,9-12H2,1H3. The van der Waals surface area contributed by atoms with Gasteiger partial charge >= 0.3 is 0 Å². The largest absolute Gasteiger partial charge is 0.394 e. The van der Waals surface area contributed by atoms with Crippen LogP contribution in [0, 0.1) is 0 Å². The highest BCUT2D eigenvalue weighted by Crippen LogP contribution is 2.28. The van der Waals surface area contributed by atoms with E-state index in [1.807, 2.05) is 6.07 Å². The van der Waals surface area contributed by atoms with E-state index in [2.05, 4.69) is 36.1 Å². The van der Waals surface area contributed by atoms with Crippen molar-refractivity contribution in [1.29, 1.82) is 0 Å². The van der Waals surface area contributed by atoms with Crippen LogP contribution in [0.25, 0.3) is 0 Å². The number of hydrogen-bond donors (Lipinski definition) is 1. The molecule has 1 aliphatic rings. The third-order valence-electron chi connectivity index (χ3n) is 3.71. The summed E-state index contributed by atoms with van der Waals surface area (Å²) >= 11 is 0. The second-order valence-electron chi connectivity index (χ2n) is 5.02. The van der Waals surface area contributed by atoms with E-state index < -0.39 is 0 Å². The minimum absolute atomic E-state index is 0.0198. The molecule has 0 aromatic heterocycles. The van der Waals surface area contributed by atoms with Crippen LogP contribution in [0.2, 0.25) is 0 Å². The van der Waals surface area contributed by atoms with Crippen molar-refractivity contribution < 1.29 is 5.11 Å². The van der Waals surface area contributed by atoms with Crippen LogP contribution in [-0.2, 0) is 6.54 Å². The molecule has 2 heteroatoms. The van der Waals surface area contributed by atoms with Gasteiger partial charge in [0.2, 0.25) is 0 Å². The average Bonchev–Trinajstić information content (AvgIpc) is 2.34. The second-order valence-corrected chi connectivity index (χ2v) is 5.02. The minimum atomic E-state index is -0.0198. The Bertz CT molecular complexity index is 325. The summed E-state index contributed by atoms with van der Waals surface area (Å²) in [5.41, 5.74) is 1.32. The first kappa shape index (κ1) is 11.6. The van der Waals surface area contributed by atoms with E-state index in [9.17, 15) is 5.11 Å². The molecule has 1 atom stereocenters. The molecule has 0 bridgehead atoms. The lowest BCUT2D eigenvalue weighted by Crippen LogP contribution is -2.51. The van der Waals surface area contributed by atoms with E-state index in [1.54, 1.807) is 0 Å². The van der Waals surface area contributed by atoms with Gasteiger partial charge in [-0.3, -0.25) is 4.90 Å². The lowest BCUT2D eigenvalue weighted by Gasteiger charge is -2.44. The second kappa shape index (κ2) is 4.98. The zero-order chi connectivity index (χ0) is 11.4. The van der Waals surface area contributed by atoms with Gasteiger partial charge in [0.05, 0.1) is 6.61 Å². The van der Waals surface area contributed by atoms with Crippen LogP contribution in [0.3, 0.4) is 0 Å². The highest BCUT2D eigenvalue weighted by atomic mass is 16.3. The van der Waals surface area contributed by atoms with Gasteiger partial charge < -0.3 is 5.11 Å². The Morgan fingerprint density at radius 3 is 2.69 bits per heavy atom. The molecule has 1 unspecified atom stereocenters. The fourth-order valence-electron chi connectivity index (χ4n) is 2.49. The molecule has 1 aliphatic heterocycles. The summed E-state index contributed by atoms with van der Waals surface area (Å²) in [7, 11) is 0. The average molecular weight is 219 g/mol. The predicted molar refractivity (Wildman–Crippen MR) is 66.2 cm³/mol. The van der Waals surface area contributed by atoms with Crippen molar-refractivity contribution in [3.8, 4) is 0 Å². The lowest BCUT2D eigenvalue weighted by atomic mass is 9.89. The zero-order valence-corrected chi connectivity index (χ0v) is 10.0. The molecule has 2 nitrogen and oxygen atoms in total. The Kier molecular flexibility index (Phi) is 3.62. The first-order valence-corrected chi connectivity index (χ1v) is 6.14. The van der Waals surface area contributed by atoms with E-state index in [0.717, 1.165) is 19.5 Å². The maximum atomic E-state index is 9.56. The summed E-state index contributed by atoms with van der Waals surface area (Å²) in [5.74, 6) is 0. The van der Waals surface area contributed by atoms with Gasteiger partial charge in [-0.25, -0.2) is 0 Å². The first-order chi connectivity index (χ1) is 7.74. The van der Waals surface area contributed by atoms with E-state index in [4.69, 9.17) is 0 Å². The van der Waals surface area contributed by atoms with E-state index in [1.165, 1.54) is 18.4 Å². The smallest absolute Gasteiger partial charge is 0.0612 e. The number of likely N-dealkylation sites (tertiary alicyclic amines) is 1. The molecule has 0 amide bonds. The molecule has 1 heterocycles. The first-order valence-electron chi connectivity index (χ1n) is 6.14. The zero-order valence-electron chi connectivity index (χ0n) is 10.0. The summed E-state index contributed by atoms with van der Waals surface area (Å²) in [6.07, 6.45) is 3.60. The fourth-order valence-corrected chi connectivity index (χ4v) is 2.49. The van der Waals surface area contributed by atoms with Crippen molar-refractivity contribution in [3.05, 3.63) is 35.9 Å². The van der Waals surface area contributed by atoms with Gasteiger partial charge in [-0.1, -0.05) is 36.8 Å². The molecule has 1 fully saturated rings. The molecule has 0 saturated carbocycles. The van der Waals surface area contributed by atoms with Gasteiger partial charge in [-0.15, -0.1) is 0 Å². The SMILES string of the molecule is CC1(CO)CCCCN1Cc1ccccc1. The van der Waals surface area contributed by atoms with Crippen LogP contribution in [0.5, 0.6) is 0 Å². The number of rotatable bonds is 3. The molecule has 0 aliphatic carbocycles. The van der Waals surface area contributed by atoms with Crippen LogP contribution >= 0.6 is 0 Å². The van der Waals surface area contributed by atoms with Crippen LogP contribution in [-0.4, -0.2) is 28.7 Å². The summed E-state index contributed by atoms with van der Waals surface area (Å²) in [5, 5.41) is 9.56. The van der Waals surface area contributed by atoms with Crippen molar-refractivity contribution >= 4 is 0 Å². The maximum Gasteiger partial charge on any atom is 0.0612 e. The van der Waals surface area contributed by atoms with Crippen LogP contribution in [0.4, 0.5) is 0 Å². The van der Waals surface area contributed by atoms with E-state index >= 15 is 0 Å². The van der Waals surface area contributed by atoms with Crippen LogP contribution in [0.15, 0.2) is 30.3 Å². The Balaban J connectivity index is 2.07. The Morgan fingerprint density at radius 2 is 2.00 bits per heavy atom. The van der Waals surface area contributed by atoms with Crippen molar-refractivity contribution in [1.82, 2.24) is 4.90 Å². The molecule has 1 saturated heterocycles. The molecule has 1 N–H and O–H groups in total. The van der Waals surface area contributed by atoms with E-state index in [-0.39, 0.29) is 12.1 Å². The number of aliphatic hydroxyl groups is 1. The van der Waals surface area contributed by atoms with Gasteiger partial charge in [0, 0.05) is 12.1 Å². The highest BCUT2D eigenvalue weighted by Gasteiger charge is 2.33. The molecular formula is C14H21NO. The Labute approximate surface area is 97.9 Å².